The van der Waals surface area contributed by atoms with E-state index < -0.39 is 12.3 Å². The summed E-state index contributed by atoms with van der Waals surface area (Å²) in [4.78, 5) is 2.05. The molecule has 0 radical (unpaired) electrons. The fraction of sp³-hybridized carbons (Fsp3) is 0.500. The molecule has 0 bridgehead atoms. The second kappa shape index (κ2) is 4.73. The fourth-order valence-corrected chi connectivity index (χ4v) is 1.94. The lowest BCUT2D eigenvalue weighted by Crippen LogP contribution is -2.43. The lowest BCUT2D eigenvalue weighted by molar-refractivity contribution is 0.00393. The summed E-state index contributed by atoms with van der Waals surface area (Å²) in [6.45, 7) is 1.89. The molecule has 2 atom stereocenters. The molecule has 0 amide bonds. The SMILES string of the molecule is O[C@H]1CCN(Cc2ccccc2)C[C@@H]1F. The Morgan fingerprint density at radius 3 is 2.73 bits per heavy atom. The number of aliphatic hydroxyl groups excluding tert-OH is 1. The summed E-state index contributed by atoms with van der Waals surface area (Å²) in [5.74, 6) is 0. The zero-order valence-electron chi connectivity index (χ0n) is 8.64. The van der Waals surface area contributed by atoms with Gasteiger partial charge in [-0.25, -0.2) is 4.39 Å². The van der Waals surface area contributed by atoms with Crippen LogP contribution >= 0.6 is 0 Å². The monoisotopic (exact) mass is 209 g/mol. The average molecular weight is 209 g/mol. The van der Waals surface area contributed by atoms with Gasteiger partial charge < -0.3 is 5.11 Å². The largest absolute Gasteiger partial charge is 0.390 e. The normalized spacial score (nSPS) is 27.9. The molecule has 2 rings (SSSR count). The van der Waals surface area contributed by atoms with Gasteiger partial charge in [-0.1, -0.05) is 30.3 Å². The first-order valence-electron chi connectivity index (χ1n) is 5.34. The molecule has 3 heteroatoms. The molecule has 0 aromatic heterocycles. The molecule has 1 aliphatic rings. The molecule has 1 aliphatic heterocycles. The van der Waals surface area contributed by atoms with Gasteiger partial charge in [-0.05, 0) is 12.0 Å². The molecule has 82 valence electrons. The zero-order valence-corrected chi connectivity index (χ0v) is 8.64. The summed E-state index contributed by atoms with van der Waals surface area (Å²) in [5.41, 5.74) is 1.20. The summed E-state index contributed by atoms with van der Waals surface area (Å²) in [6.07, 6.45) is -1.33. The first kappa shape index (κ1) is 10.6. The quantitative estimate of drug-likeness (QED) is 0.799. The molecular formula is C12H16FNO. The number of rotatable bonds is 2. The Kier molecular flexibility index (Phi) is 3.34. The van der Waals surface area contributed by atoms with E-state index in [4.69, 9.17) is 0 Å². The Morgan fingerprint density at radius 2 is 2.07 bits per heavy atom. The molecular weight excluding hydrogens is 193 g/mol. The maximum Gasteiger partial charge on any atom is 0.139 e. The van der Waals surface area contributed by atoms with Crippen LogP contribution in [0.2, 0.25) is 0 Å². The summed E-state index contributed by atoms with van der Waals surface area (Å²) < 4.78 is 13.2. The van der Waals surface area contributed by atoms with Crippen LogP contribution in [0, 0.1) is 0 Å². The van der Waals surface area contributed by atoms with Crippen molar-refractivity contribution in [2.45, 2.75) is 25.2 Å². The number of alkyl halides is 1. The molecule has 1 aromatic carbocycles. The average Bonchev–Trinajstić information content (AvgIpc) is 2.25. The van der Waals surface area contributed by atoms with Crippen molar-refractivity contribution in [3.05, 3.63) is 35.9 Å². The molecule has 1 N–H and O–H groups in total. The minimum absolute atomic E-state index is 0.343. The lowest BCUT2D eigenvalue weighted by atomic mass is 10.1. The Bertz CT molecular complexity index is 304. The lowest BCUT2D eigenvalue weighted by Gasteiger charge is -2.32. The molecule has 1 heterocycles. The second-order valence-corrected chi connectivity index (χ2v) is 4.09. The smallest absolute Gasteiger partial charge is 0.139 e. The zero-order chi connectivity index (χ0) is 10.7. The van der Waals surface area contributed by atoms with Crippen molar-refractivity contribution in [2.75, 3.05) is 13.1 Å². The van der Waals surface area contributed by atoms with Gasteiger partial charge in [-0.15, -0.1) is 0 Å². The molecule has 15 heavy (non-hydrogen) atoms. The van der Waals surface area contributed by atoms with Crippen LogP contribution in [-0.2, 0) is 6.54 Å². The Balaban J connectivity index is 1.91. The first-order chi connectivity index (χ1) is 7.25. The number of likely N-dealkylation sites (tertiary alicyclic amines) is 1. The standard InChI is InChI=1S/C12H16FNO/c13-11-9-14(7-6-12(11)15)8-10-4-2-1-3-5-10/h1-5,11-12,15H,6-9H2/t11-,12-/m0/s1. The van der Waals surface area contributed by atoms with E-state index in [9.17, 15) is 9.50 Å². The van der Waals surface area contributed by atoms with E-state index in [0.29, 0.717) is 13.0 Å². The number of benzene rings is 1. The fourth-order valence-electron chi connectivity index (χ4n) is 1.94. The predicted molar refractivity (Wildman–Crippen MR) is 57.2 cm³/mol. The highest BCUT2D eigenvalue weighted by molar-refractivity contribution is 5.14. The minimum atomic E-state index is -1.09. The molecule has 2 nitrogen and oxygen atoms in total. The third kappa shape index (κ3) is 2.76. The maximum atomic E-state index is 13.2. The van der Waals surface area contributed by atoms with Crippen molar-refractivity contribution in [2.24, 2.45) is 0 Å². The van der Waals surface area contributed by atoms with Crippen LogP contribution < -0.4 is 0 Å². The highest BCUT2D eigenvalue weighted by atomic mass is 19.1. The van der Waals surface area contributed by atoms with E-state index in [2.05, 4.69) is 0 Å². The molecule has 1 saturated heterocycles. The number of piperidine rings is 1. The molecule has 0 unspecified atom stereocenters. The van der Waals surface area contributed by atoms with Gasteiger partial charge in [-0.2, -0.15) is 0 Å². The van der Waals surface area contributed by atoms with Crippen LogP contribution in [0.1, 0.15) is 12.0 Å². The third-order valence-electron chi connectivity index (χ3n) is 2.84. The predicted octanol–water partition coefficient (Wildman–Crippen LogP) is 1.59. The van der Waals surface area contributed by atoms with E-state index in [1.165, 1.54) is 5.56 Å². The van der Waals surface area contributed by atoms with Crippen LogP contribution in [0.3, 0.4) is 0 Å². The van der Waals surface area contributed by atoms with Crippen LogP contribution in [0.25, 0.3) is 0 Å². The molecule has 1 fully saturated rings. The highest BCUT2D eigenvalue weighted by Gasteiger charge is 2.26. The van der Waals surface area contributed by atoms with E-state index in [-0.39, 0.29) is 0 Å². The highest BCUT2D eigenvalue weighted by Crippen LogP contribution is 2.16. The van der Waals surface area contributed by atoms with Gasteiger partial charge in [0.05, 0.1) is 6.10 Å². The van der Waals surface area contributed by atoms with Gasteiger partial charge in [0.1, 0.15) is 6.17 Å². The van der Waals surface area contributed by atoms with Crippen molar-refractivity contribution in [3.8, 4) is 0 Å². The molecule has 1 aromatic rings. The Morgan fingerprint density at radius 1 is 1.33 bits per heavy atom. The van der Waals surface area contributed by atoms with Crippen molar-refractivity contribution >= 4 is 0 Å². The van der Waals surface area contributed by atoms with Crippen molar-refractivity contribution in [1.82, 2.24) is 4.90 Å². The summed E-state index contributed by atoms with van der Waals surface area (Å²) in [5, 5.41) is 9.26. The van der Waals surface area contributed by atoms with E-state index in [0.717, 1.165) is 13.1 Å². The second-order valence-electron chi connectivity index (χ2n) is 4.09. The van der Waals surface area contributed by atoms with Gasteiger partial charge in [0.25, 0.3) is 0 Å². The third-order valence-corrected chi connectivity index (χ3v) is 2.84. The molecule has 0 saturated carbocycles. The van der Waals surface area contributed by atoms with Gasteiger partial charge in [0.15, 0.2) is 0 Å². The molecule has 0 spiro atoms. The van der Waals surface area contributed by atoms with E-state index in [1.807, 2.05) is 35.2 Å². The van der Waals surface area contributed by atoms with Gasteiger partial charge in [0, 0.05) is 19.6 Å². The topological polar surface area (TPSA) is 23.5 Å². The number of hydrogen-bond donors (Lipinski definition) is 1. The van der Waals surface area contributed by atoms with Gasteiger partial charge >= 0.3 is 0 Å². The molecule has 0 aliphatic carbocycles. The Hall–Kier alpha value is -0.930. The van der Waals surface area contributed by atoms with Crippen LogP contribution in [0.4, 0.5) is 4.39 Å². The number of halogens is 1. The summed E-state index contributed by atoms with van der Waals surface area (Å²) in [7, 11) is 0. The van der Waals surface area contributed by atoms with Crippen molar-refractivity contribution in [3.63, 3.8) is 0 Å². The van der Waals surface area contributed by atoms with Crippen LogP contribution in [0.5, 0.6) is 0 Å². The maximum absolute atomic E-state index is 13.2. The summed E-state index contributed by atoms with van der Waals surface area (Å²) >= 11 is 0. The van der Waals surface area contributed by atoms with Gasteiger partial charge in [0.2, 0.25) is 0 Å². The van der Waals surface area contributed by atoms with Crippen molar-refractivity contribution in [1.29, 1.82) is 0 Å². The summed E-state index contributed by atoms with van der Waals surface area (Å²) in [6, 6.07) is 10.0. The minimum Gasteiger partial charge on any atom is -0.390 e. The Labute approximate surface area is 89.3 Å². The number of aliphatic hydroxyl groups is 1. The van der Waals surface area contributed by atoms with E-state index >= 15 is 0 Å². The number of nitrogens with zero attached hydrogens (tertiary/aromatic N) is 1. The van der Waals surface area contributed by atoms with Gasteiger partial charge in [-0.3, -0.25) is 4.90 Å². The number of hydrogen-bond acceptors (Lipinski definition) is 2. The van der Waals surface area contributed by atoms with Crippen LogP contribution in [0.15, 0.2) is 30.3 Å². The van der Waals surface area contributed by atoms with E-state index in [1.54, 1.807) is 0 Å². The first-order valence-corrected chi connectivity index (χ1v) is 5.34. The van der Waals surface area contributed by atoms with Crippen LogP contribution in [-0.4, -0.2) is 35.4 Å². The van der Waals surface area contributed by atoms with Crippen molar-refractivity contribution < 1.29 is 9.50 Å².